The summed E-state index contributed by atoms with van der Waals surface area (Å²) < 4.78 is 5.04. The predicted octanol–water partition coefficient (Wildman–Crippen LogP) is 3.59. The van der Waals surface area contributed by atoms with Crippen LogP contribution in [0, 0.1) is 11.8 Å². The molecule has 1 aliphatic heterocycles. The third-order valence-corrected chi connectivity index (χ3v) is 5.58. The van der Waals surface area contributed by atoms with E-state index in [9.17, 15) is 19.2 Å². The van der Waals surface area contributed by atoms with Crippen LogP contribution < -0.4 is 10.2 Å². The van der Waals surface area contributed by atoms with E-state index in [1.54, 1.807) is 24.3 Å². The molecule has 2 aromatic carbocycles. The zero-order valence-electron chi connectivity index (χ0n) is 16.4. The number of fused-ring (bicyclic) bond motifs is 1. The molecule has 0 bridgehead atoms. The lowest BCUT2D eigenvalue weighted by atomic mass is 9.85. The van der Waals surface area contributed by atoms with Crippen molar-refractivity contribution in [3.63, 3.8) is 0 Å². The van der Waals surface area contributed by atoms with Gasteiger partial charge >= 0.3 is 5.97 Å². The van der Waals surface area contributed by atoms with Gasteiger partial charge in [-0.05, 0) is 61.4 Å². The summed E-state index contributed by atoms with van der Waals surface area (Å²) >= 11 is 5.79. The number of hydrogen-bond acceptors (Lipinski definition) is 5. The number of imide groups is 1. The van der Waals surface area contributed by atoms with Crippen molar-refractivity contribution in [1.82, 2.24) is 0 Å². The minimum Gasteiger partial charge on any atom is -0.452 e. The van der Waals surface area contributed by atoms with Crippen molar-refractivity contribution >= 4 is 46.7 Å². The first-order chi connectivity index (χ1) is 14.9. The lowest BCUT2D eigenvalue weighted by Crippen LogP contribution is -2.30. The number of rotatable bonds is 5. The number of carbonyl (C=O) groups excluding carboxylic acids is 4. The molecule has 3 amide bonds. The Balaban J connectivity index is 1.35. The number of ether oxygens (including phenoxy) is 1. The van der Waals surface area contributed by atoms with E-state index in [0.29, 0.717) is 29.2 Å². The van der Waals surface area contributed by atoms with Crippen LogP contribution in [-0.2, 0) is 19.1 Å². The van der Waals surface area contributed by atoms with Gasteiger partial charge < -0.3 is 10.1 Å². The third-order valence-electron chi connectivity index (χ3n) is 5.33. The highest BCUT2D eigenvalue weighted by Gasteiger charge is 2.47. The van der Waals surface area contributed by atoms with Crippen molar-refractivity contribution in [3.8, 4) is 0 Å². The van der Waals surface area contributed by atoms with Crippen molar-refractivity contribution in [2.24, 2.45) is 11.8 Å². The number of amides is 3. The van der Waals surface area contributed by atoms with Crippen LogP contribution in [-0.4, -0.2) is 30.3 Å². The second-order valence-corrected chi connectivity index (χ2v) is 7.78. The van der Waals surface area contributed by atoms with E-state index in [-0.39, 0.29) is 29.2 Å². The molecule has 0 spiro atoms. The van der Waals surface area contributed by atoms with E-state index < -0.39 is 18.5 Å². The third kappa shape index (κ3) is 4.36. The van der Waals surface area contributed by atoms with E-state index in [2.05, 4.69) is 5.32 Å². The van der Waals surface area contributed by atoms with Gasteiger partial charge in [0.25, 0.3) is 5.91 Å². The van der Waals surface area contributed by atoms with Crippen molar-refractivity contribution in [2.45, 2.75) is 12.8 Å². The largest absolute Gasteiger partial charge is 0.452 e. The zero-order chi connectivity index (χ0) is 22.0. The van der Waals surface area contributed by atoms with Crippen molar-refractivity contribution < 1.29 is 23.9 Å². The summed E-state index contributed by atoms with van der Waals surface area (Å²) in [6.45, 7) is -0.456. The highest BCUT2D eigenvalue weighted by Crippen LogP contribution is 2.37. The van der Waals surface area contributed by atoms with Gasteiger partial charge in [-0.3, -0.25) is 19.3 Å². The Morgan fingerprint density at radius 1 is 0.935 bits per heavy atom. The summed E-state index contributed by atoms with van der Waals surface area (Å²) in [7, 11) is 0. The Kier molecular flexibility index (Phi) is 5.86. The summed E-state index contributed by atoms with van der Waals surface area (Å²) in [5.74, 6) is -2.24. The van der Waals surface area contributed by atoms with Gasteiger partial charge in [-0.25, -0.2) is 4.79 Å². The number of anilines is 2. The molecule has 8 heteroatoms. The Morgan fingerprint density at radius 2 is 1.52 bits per heavy atom. The zero-order valence-corrected chi connectivity index (χ0v) is 17.2. The van der Waals surface area contributed by atoms with Crippen LogP contribution in [0.3, 0.4) is 0 Å². The standard InChI is InChI=1S/C23H19ClN2O5/c24-15-7-9-16(10-8-15)25-20(27)13-31-23(30)14-5-11-17(12-6-14)26-21(28)18-3-1-2-4-19(18)22(26)29/h1-2,5-12,18-19H,3-4,13H2,(H,25,27)/t18-,19-/m1/s1. The molecule has 2 aromatic rings. The van der Waals surface area contributed by atoms with Crippen LogP contribution in [0.4, 0.5) is 11.4 Å². The maximum Gasteiger partial charge on any atom is 0.338 e. The topological polar surface area (TPSA) is 92.8 Å². The van der Waals surface area contributed by atoms with Crippen LogP contribution in [0.1, 0.15) is 23.2 Å². The molecule has 4 rings (SSSR count). The lowest BCUT2D eigenvalue weighted by molar-refractivity contribution is -0.122. The number of allylic oxidation sites excluding steroid dienone is 2. The van der Waals surface area contributed by atoms with Crippen LogP contribution in [0.2, 0.25) is 5.02 Å². The smallest absolute Gasteiger partial charge is 0.338 e. The van der Waals surface area contributed by atoms with Crippen LogP contribution in [0.5, 0.6) is 0 Å². The highest BCUT2D eigenvalue weighted by molar-refractivity contribution is 6.30. The highest BCUT2D eigenvalue weighted by atomic mass is 35.5. The van der Waals surface area contributed by atoms with Gasteiger partial charge in [0.1, 0.15) is 0 Å². The van der Waals surface area contributed by atoms with Crippen molar-refractivity contribution in [1.29, 1.82) is 0 Å². The van der Waals surface area contributed by atoms with Gasteiger partial charge in [-0.1, -0.05) is 23.8 Å². The number of carbonyl (C=O) groups is 4. The van der Waals surface area contributed by atoms with Crippen molar-refractivity contribution in [2.75, 3.05) is 16.8 Å². The van der Waals surface area contributed by atoms with E-state index in [0.717, 1.165) is 0 Å². The fourth-order valence-corrected chi connectivity index (χ4v) is 3.87. The Hall–Kier alpha value is -3.45. The summed E-state index contributed by atoms with van der Waals surface area (Å²) in [5.41, 5.74) is 1.16. The van der Waals surface area contributed by atoms with Crippen molar-refractivity contribution in [3.05, 3.63) is 71.3 Å². The number of halogens is 1. The monoisotopic (exact) mass is 438 g/mol. The average Bonchev–Trinajstić information content (AvgIpc) is 3.04. The summed E-state index contributed by atoms with van der Waals surface area (Å²) in [5, 5.41) is 3.14. The molecule has 0 saturated carbocycles. The molecule has 0 unspecified atom stereocenters. The number of benzene rings is 2. The van der Waals surface area contributed by atoms with Gasteiger partial charge in [0, 0.05) is 10.7 Å². The minimum absolute atomic E-state index is 0.209. The molecule has 2 aliphatic rings. The molecule has 0 aromatic heterocycles. The van der Waals surface area contributed by atoms with Crippen LogP contribution >= 0.6 is 11.6 Å². The predicted molar refractivity (Wildman–Crippen MR) is 115 cm³/mol. The molecule has 158 valence electrons. The van der Waals surface area contributed by atoms with Gasteiger partial charge in [0.05, 0.1) is 23.1 Å². The molecule has 1 saturated heterocycles. The van der Waals surface area contributed by atoms with Crippen LogP contribution in [0.15, 0.2) is 60.7 Å². The minimum atomic E-state index is -0.685. The maximum atomic E-state index is 12.6. The normalized spacial score (nSPS) is 19.8. The quantitative estimate of drug-likeness (QED) is 0.437. The van der Waals surface area contributed by atoms with Crippen LogP contribution in [0.25, 0.3) is 0 Å². The number of nitrogens with zero attached hydrogens (tertiary/aromatic N) is 1. The molecule has 31 heavy (non-hydrogen) atoms. The first kappa shape index (κ1) is 20.8. The molecule has 7 nitrogen and oxygen atoms in total. The van der Waals surface area contributed by atoms with Gasteiger partial charge in [-0.15, -0.1) is 0 Å². The van der Waals surface area contributed by atoms with Gasteiger partial charge in [0.2, 0.25) is 11.8 Å². The first-order valence-corrected chi connectivity index (χ1v) is 10.2. The summed E-state index contributed by atoms with van der Waals surface area (Å²) in [6.07, 6.45) is 4.98. The molecule has 2 atom stereocenters. The second-order valence-electron chi connectivity index (χ2n) is 7.35. The van der Waals surface area contributed by atoms with Gasteiger partial charge in [0.15, 0.2) is 6.61 Å². The average molecular weight is 439 g/mol. The number of nitrogens with one attached hydrogen (secondary N) is 1. The first-order valence-electron chi connectivity index (χ1n) is 9.79. The SMILES string of the molecule is O=C(COC(=O)c1ccc(N2C(=O)[C@@H]3CC=CC[C@H]3C2=O)cc1)Nc1ccc(Cl)cc1. The molecule has 1 aliphatic carbocycles. The fraction of sp³-hybridized carbons (Fsp3) is 0.217. The Morgan fingerprint density at radius 3 is 2.10 bits per heavy atom. The van der Waals surface area contributed by atoms with E-state index in [4.69, 9.17) is 16.3 Å². The summed E-state index contributed by atoms with van der Waals surface area (Å²) in [6, 6.07) is 12.5. The Bertz CT molecular complexity index is 1040. The van der Waals surface area contributed by atoms with E-state index in [1.165, 1.54) is 29.2 Å². The van der Waals surface area contributed by atoms with E-state index >= 15 is 0 Å². The Labute approximate surface area is 183 Å². The number of hydrogen-bond donors (Lipinski definition) is 1. The number of esters is 1. The molecule has 1 N–H and O–H groups in total. The molecule has 1 fully saturated rings. The molecule has 0 radical (unpaired) electrons. The fourth-order valence-electron chi connectivity index (χ4n) is 3.75. The van der Waals surface area contributed by atoms with Gasteiger partial charge in [-0.2, -0.15) is 0 Å². The second kappa shape index (κ2) is 8.73. The lowest BCUT2D eigenvalue weighted by Gasteiger charge is -2.15. The van der Waals surface area contributed by atoms with E-state index in [1.807, 2.05) is 12.2 Å². The molecular formula is C23H19ClN2O5. The maximum absolute atomic E-state index is 12.6. The molecule has 1 heterocycles. The molecular weight excluding hydrogens is 420 g/mol. The summed E-state index contributed by atoms with van der Waals surface area (Å²) in [4.78, 5) is 50.7.